The number of carbonyl (C=O) groups is 1. The first kappa shape index (κ1) is 18.8. The Bertz CT molecular complexity index is 839. The van der Waals surface area contributed by atoms with E-state index in [0.29, 0.717) is 35.1 Å². The van der Waals surface area contributed by atoms with Crippen LogP contribution in [0.5, 0.6) is 0 Å². The number of nitrogen functional groups attached to an aromatic ring is 1. The highest BCUT2D eigenvalue weighted by molar-refractivity contribution is 6.13. The quantitative estimate of drug-likeness (QED) is 0.606. The molecule has 1 aliphatic heterocycles. The summed E-state index contributed by atoms with van der Waals surface area (Å²) >= 11 is 0. The van der Waals surface area contributed by atoms with E-state index in [9.17, 15) is 9.18 Å². The van der Waals surface area contributed by atoms with Crippen molar-refractivity contribution in [3.05, 3.63) is 53.5 Å². The smallest absolute Gasteiger partial charge is 0.320 e. The summed E-state index contributed by atoms with van der Waals surface area (Å²) in [6.45, 7) is 2.64. The van der Waals surface area contributed by atoms with Crippen molar-refractivity contribution < 1.29 is 9.18 Å². The van der Waals surface area contributed by atoms with Crippen LogP contribution in [0.1, 0.15) is 17.5 Å². The lowest BCUT2D eigenvalue weighted by Crippen LogP contribution is -2.34. The van der Waals surface area contributed by atoms with E-state index in [1.165, 1.54) is 36.5 Å². The van der Waals surface area contributed by atoms with Crippen LogP contribution in [0, 0.1) is 17.1 Å². The van der Waals surface area contributed by atoms with E-state index in [0.717, 1.165) is 19.5 Å². The van der Waals surface area contributed by atoms with Crippen LogP contribution in [-0.2, 0) is 0 Å². The molecule has 1 aliphatic rings. The van der Waals surface area contributed by atoms with Gasteiger partial charge in [-0.15, -0.1) is 0 Å². The molecule has 8 heteroatoms. The third-order valence-corrected chi connectivity index (χ3v) is 4.62. The molecule has 1 atom stereocenters. The fourth-order valence-corrected chi connectivity index (χ4v) is 3.11. The molecule has 0 unspecified atom stereocenters. The molecule has 5 N–H and O–H groups in total. The molecule has 2 amide bonds. The summed E-state index contributed by atoms with van der Waals surface area (Å²) < 4.78 is 13.0. The highest BCUT2D eigenvalue weighted by Crippen LogP contribution is 2.19. The van der Waals surface area contributed by atoms with Crippen molar-refractivity contribution in [1.82, 2.24) is 15.2 Å². The molecule has 1 aromatic carbocycles. The number of hydrogen-bond donors (Lipinski definition) is 4. The zero-order valence-electron chi connectivity index (χ0n) is 15.1. The summed E-state index contributed by atoms with van der Waals surface area (Å²) in [7, 11) is 2.07. The Labute approximate surface area is 157 Å². The summed E-state index contributed by atoms with van der Waals surface area (Å²) in [4.78, 5) is 18.4. The minimum atomic E-state index is -0.368. The maximum Gasteiger partial charge on any atom is 0.320 e. The first-order valence-electron chi connectivity index (χ1n) is 8.76. The number of benzene rings is 1. The van der Waals surface area contributed by atoms with Crippen LogP contribution < -0.4 is 16.4 Å². The Balaban J connectivity index is 1.59. The van der Waals surface area contributed by atoms with Gasteiger partial charge in [0.05, 0.1) is 5.71 Å². The summed E-state index contributed by atoms with van der Waals surface area (Å²) in [5, 5.41) is 13.7. The number of likely N-dealkylation sites (tertiary alicyclic amines) is 1. The van der Waals surface area contributed by atoms with Crippen LogP contribution in [0.3, 0.4) is 0 Å². The molecule has 1 aromatic heterocycles. The summed E-state index contributed by atoms with van der Waals surface area (Å²) in [6.07, 6.45) is 2.50. The Morgan fingerprint density at radius 1 is 1.41 bits per heavy atom. The van der Waals surface area contributed by atoms with Gasteiger partial charge in [-0.25, -0.2) is 14.2 Å². The lowest BCUT2D eigenvalue weighted by molar-refractivity contribution is 0.250. The van der Waals surface area contributed by atoms with Gasteiger partial charge in [0.25, 0.3) is 0 Å². The number of aromatic nitrogens is 1. The molecule has 0 aliphatic carbocycles. The Hall–Kier alpha value is -3.00. The molecule has 1 saturated heterocycles. The first-order chi connectivity index (χ1) is 12.9. The largest absolute Gasteiger partial charge is 0.398 e. The van der Waals surface area contributed by atoms with Gasteiger partial charge in [0, 0.05) is 42.2 Å². The van der Waals surface area contributed by atoms with Crippen LogP contribution in [0.2, 0.25) is 0 Å². The highest BCUT2D eigenvalue weighted by atomic mass is 19.1. The van der Waals surface area contributed by atoms with Crippen molar-refractivity contribution in [1.29, 1.82) is 5.41 Å². The van der Waals surface area contributed by atoms with Gasteiger partial charge < -0.3 is 16.0 Å². The molecule has 3 rings (SSSR count). The number of pyridine rings is 1. The standard InChI is InChI=1S/C19H23FN6O/c1-26-7-6-12(11-26)9-24-19(27)25-17-8-16(21)15(10-23-17)18(22)13-2-4-14(20)5-3-13/h2-5,8,10,12,22H,6-7,9,11H2,1H3,(H4,21,23,24,25,27)/t12-/m0/s1. The molecular formula is C19H23FN6O. The number of amides is 2. The number of carbonyl (C=O) groups excluding carboxylic acids is 1. The Morgan fingerprint density at radius 3 is 2.78 bits per heavy atom. The van der Waals surface area contributed by atoms with Gasteiger partial charge in [-0.2, -0.15) is 0 Å². The third kappa shape index (κ3) is 4.79. The number of halogens is 1. The zero-order chi connectivity index (χ0) is 19.4. The average Bonchev–Trinajstić information content (AvgIpc) is 3.06. The topological polar surface area (TPSA) is 107 Å². The average molecular weight is 370 g/mol. The van der Waals surface area contributed by atoms with Crippen molar-refractivity contribution in [2.24, 2.45) is 5.92 Å². The molecule has 0 saturated carbocycles. The van der Waals surface area contributed by atoms with Crippen molar-refractivity contribution in [3.8, 4) is 0 Å². The van der Waals surface area contributed by atoms with Crippen LogP contribution in [-0.4, -0.2) is 48.3 Å². The monoisotopic (exact) mass is 370 g/mol. The second-order valence-corrected chi connectivity index (χ2v) is 6.79. The molecular weight excluding hydrogens is 347 g/mol. The molecule has 2 heterocycles. The van der Waals surface area contributed by atoms with E-state index in [-0.39, 0.29) is 17.6 Å². The van der Waals surface area contributed by atoms with E-state index in [4.69, 9.17) is 11.1 Å². The lowest BCUT2D eigenvalue weighted by atomic mass is 10.0. The molecule has 142 valence electrons. The molecule has 0 spiro atoms. The lowest BCUT2D eigenvalue weighted by Gasteiger charge is -2.13. The summed E-state index contributed by atoms with van der Waals surface area (Å²) in [6, 6.07) is 6.77. The van der Waals surface area contributed by atoms with Crippen molar-refractivity contribution in [2.75, 3.05) is 37.7 Å². The summed E-state index contributed by atoms with van der Waals surface area (Å²) in [5.41, 5.74) is 7.42. The predicted octanol–water partition coefficient (Wildman–Crippen LogP) is 2.29. The molecule has 7 nitrogen and oxygen atoms in total. The van der Waals surface area contributed by atoms with Gasteiger partial charge in [-0.3, -0.25) is 10.7 Å². The minimum Gasteiger partial charge on any atom is -0.398 e. The number of nitrogens with two attached hydrogens (primary N) is 1. The van der Waals surface area contributed by atoms with Crippen LogP contribution in [0.4, 0.5) is 20.7 Å². The number of anilines is 2. The second-order valence-electron chi connectivity index (χ2n) is 6.79. The van der Waals surface area contributed by atoms with Crippen LogP contribution in [0.15, 0.2) is 36.5 Å². The molecule has 2 aromatic rings. The van der Waals surface area contributed by atoms with Crippen molar-refractivity contribution in [2.45, 2.75) is 6.42 Å². The Morgan fingerprint density at radius 2 is 2.15 bits per heavy atom. The van der Waals surface area contributed by atoms with Crippen molar-refractivity contribution in [3.63, 3.8) is 0 Å². The number of hydrogen-bond acceptors (Lipinski definition) is 5. The molecule has 1 fully saturated rings. The van der Waals surface area contributed by atoms with Gasteiger partial charge in [-0.05, 0) is 50.2 Å². The molecule has 0 radical (unpaired) electrons. The van der Waals surface area contributed by atoms with E-state index in [1.807, 2.05) is 0 Å². The van der Waals surface area contributed by atoms with E-state index < -0.39 is 0 Å². The summed E-state index contributed by atoms with van der Waals surface area (Å²) in [5.74, 6) is 0.397. The van der Waals surface area contributed by atoms with Crippen LogP contribution in [0.25, 0.3) is 0 Å². The minimum absolute atomic E-state index is 0.140. The van der Waals surface area contributed by atoms with Crippen molar-refractivity contribution >= 4 is 23.2 Å². The fourth-order valence-electron chi connectivity index (χ4n) is 3.11. The van der Waals surface area contributed by atoms with Gasteiger partial charge in [0.2, 0.25) is 0 Å². The predicted molar refractivity (Wildman–Crippen MR) is 104 cm³/mol. The van der Waals surface area contributed by atoms with Gasteiger partial charge in [0.15, 0.2) is 0 Å². The zero-order valence-corrected chi connectivity index (χ0v) is 15.1. The Kier molecular flexibility index (Phi) is 5.66. The van der Waals surface area contributed by atoms with E-state index in [1.54, 1.807) is 0 Å². The second kappa shape index (κ2) is 8.13. The molecule has 27 heavy (non-hydrogen) atoms. The first-order valence-corrected chi connectivity index (χ1v) is 8.76. The number of urea groups is 1. The maximum atomic E-state index is 13.0. The number of rotatable bonds is 5. The third-order valence-electron chi connectivity index (χ3n) is 4.62. The SMILES string of the molecule is CN1CC[C@@H](CNC(=O)Nc2cc(N)c(C(=N)c3ccc(F)cc3)cn2)C1. The molecule has 0 bridgehead atoms. The number of nitrogens with one attached hydrogen (secondary N) is 3. The number of nitrogens with zero attached hydrogens (tertiary/aromatic N) is 2. The van der Waals surface area contributed by atoms with Gasteiger partial charge in [-0.1, -0.05) is 0 Å². The van der Waals surface area contributed by atoms with Crippen LogP contribution >= 0.6 is 0 Å². The maximum absolute atomic E-state index is 13.0. The van der Waals surface area contributed by atoms with Gasteiger partial charge in [0.1, 0.15) is 11.6 Å². The van der Waals surface area contributed by atoms with E-state index in [2.05, 4.69) is 27.6 Å². The van der Waals surface area contributed by atoms with Gasteiger partial charge >= 0.3 is 6.03 Å². The fraction of sp³-hybridized carbons (Fsp3) is 0.316. The highest BCUT2D eigenvalue weighted by Gasteiger charge is 2.20. The van der Waals surface area contributed by atoms with E-state index >= 15 is 0 Å². The normalized spacial score (nSPS) is 16.9.